The molecule has 2 atom stereocenters. The molecule has 0 amide bonds. The van der Waals surface area contributed by atoms with Gasteiger partial charge in [0.25, 0.3) is 0 Å². The van der Waals surface area contributed by atoms with Crippen LogP contribution in [0.5, 0.6) is 28.7 Å². The minimum absolute atomic E-state index is 0.105. The van der Waals surface area contributed by atoms with Crippen LogP contribution in [-0.4, -0.2) is 64.5 Å². The lowest BCUT2D eigenvalue weighted by molar-refractivity contribution is -0.0690. The number of ether oxygens (including phenoxy) is 4. The molecule has 0 spiro atoms. The molecule has 0 radical (unpaired) electrons. The maximum absolute atomic E-state index is 10.6. The summed E-state index contributed by atoms with van der Waals surface area (Å²) in [6.45, 7) is -1.03. The Morgan fingerprint density at radius 1 is 0.889 bits per heavy atom. The van der Waals surface area contributed by atoms with Gasteiger partial charge in [-0.3, -0.25) is 0 Å². The highest BCUT2D eigenvalue weighted by molar-refractivity contribution is 5.52. The van der Waals surface area contributed by atoms with Crippen molar-refractivity contribution in [3.8, 4) is 28.7 Å². The van der Waals surface area contributed by atoms with E-state index in [0.29, 0.717) is 37.9 Å². The maximum Gasteiger partial charge on any atom is 0.200 e. The Morgan fingerprint density at radius 3 is 2.28 bits per heavy atom. The van der Waals surface area contributed by atoms with Crippen LogP contribution in [0.15, 0.2) is 30.3 Å². The van der Waals surface area contributed by atoms with Gasteiger partial charge in [-0.15, -0.1) is 0 Å². The van der Waals surface area contributed by atoms with E-state index in [0.717, 1.165) is 36.8 Å². The smallest absolute Gasteiger partial charge is 0.200 e. The minimum Gasteiger partial charge on any atom is -0.504 e. The van der Waals surface area contributed by atoms with Gasteiger partial charge in [0.2, 0.25) is 5.75 Å². The van der Waals surface area contributed by atoms with E-state index in [1.165, 1.54) is 7.11 Å². The summed E-state index contributed by atoms with van der Waals surface area (Å²) in [7, 11) is 1.42. The highest BCUT2D eigenvalue weighted by Crippen LogP contribution is 2.38. The molecular formula is C27H38O9. The molecule has 5 N–H and O–H groups in total. The third kappa shape index (κ3) is 8.16. The molecule has 9 heteroatoms. The van der Waals surface area contributed by atoms with Crippen molar-refractivity contribution < 1.29 is 44.5 Å². The second kappa shape index (κ2) is 14.1. The van der Waals surface area contributed by atoms with Crippen molar-refractivity contribution in [2.45, 2.75) is 76.1 Å². The third-order valence-electron chi connectivity index (χ3n) is 6.53. The van der Waals surface area contributed by atoms with Crippen molar-refractivity contribution >= 4 is 0 Å². The van der Waals surface area contributed by atoms with E-state index in [4.69, 9.17) is 24.1 Å². The molecule has 200 valence electrons. The van der Waals surface area contributed by atoms with Crippen molar-refractivity contribution in [1.82, 2.24) is 0 Å². The molecule has 0 aromatic heterocycles. The molecule has 36 heavy (non-hydrogen) atoms. The lowest BCUT2D eigenvalue weighted by atomic mass is 9.98. The zero-order valence-electron chi connectivity index (χ0n) is 20.8. The third-order valence-corrected chi connectivity index (χ3v) is 6.53. The number of methoxy groups -OCH3 is 1. The first kappa shape index (κ1) is 27.9. The molecular weight excluding hydrogens is 468 g/mol. The number of aliphatic hydroxyl groups is 3. The summed E-state index contributed by atoms with van der Waals surface area (Å²) in [6, 6.07) is 8.58. The topological polar surface area (TPSA) is 138 Å². The number of phenols is 2. The van der Waals surface area contributed by atoms with Gasteiger partial charge >= 0.3 is 0 Å². The number of hydrogen-bond donors (Lipinski definition) is 5. The Balaban J connectivity index is 1.54. The normalized spacial score (nSPS) is 15.6. The summed E-state index contributed by atoms with van der Waals surface area (Å²) in [5.41, 5.74) is 1.75. The minimum atomic E-state index is -0.690. The SMILES string of the molecule is COc1cc(CC[C@H](O)C[C@H](CCc2ccc(O)c(OC3CCCC3)c2)OCO)cc(OCO)c1O. The average molecular weight is 507 g/mol. The van der Waals surface area contributed by atoms with E-state index in [-0.39, 0.29) is 35.2 Å². The van der Waals surface area contributed by atoms with Crippen LogP contribution in [0.3, 0.4) is 0 Å². The summed E-state index contributed by atoms with van der Waals surface area (Å²) in [6.07, 6.45) is 5.82. The van der Waals surface area contributed by atoms with Gasteiger partial charge in [0.15, 0.2) is 29.8 Å². The van der Waals surface area contributed by atoms with Crippen LogP contribution in [0.4, 0.5) is 0 Å². The number of benzene rings is 2. The van der Waals surface area contributed by atoms with Crippen LogP contribution in [0.25, 0.3) is 0 Å². The molecule has 3 rings (SSSR count). The fraction of sp³-hybridized carbons (Fsp3) is 0.556. The quantitative estimate of drug-likeness (QED) is 0.230. The first-order valence-corrected chi connectivity index (χ1v) is 12.5. The van der Waals surface area contributed by atoms with Gasteiger partial charge < -0.3 is 44.5 Å². The average Bonchev–Trinajstić information content (AvgIpc) is 3.38. The molecule has 9 nitrogen and oxygen atoms in total. The Morgan fingerprint density at radius 2 is 1.58 bits per heavy atom. The van der Waals surface area contributed by atoms with Gasteiger partial charge in [0.1, 0.15) is 6.79 Å². The molecule has 1 aliphatic carbocycles. The molecule has 0 heterocycles. The van der Waals surface area contributed by atoms with E-state index in [1.807, 2.05) is 12.1 Å². The van der Waals surface area contributed by atoms with Crippen LogP contribution in [0.2, 0.25) is 0 Å². The zero-order valence-corrected chi connectivity index (χ0v) is 20.8. The summed E-state index contributed by atoms with van der Waals surface area (Å²) < 4.78 is 21.6. The lowest BCUT2D eigenvalue weighted by Crippen LogP contribution is -2.22. The maximum atomic E-state index is 10.6. The Labute approximate surface area is 211 Å². The first-order valence-electron chi connectivity index (χ1n) is 12.5. The second-order valence-electron chi connectivity index (χ2n) is 9.13. The molecule has 0 bridgehead atoms. The standard InChI is InChI=1S/C27H38O9/c1-33-25-13-19(14-26(27(25)32)35-17-29)6-9-20(30)15-22(34-16-28)10-7-18-8-11-23(31)24(12-18)36-21-4-2-3-5-21/h8,11-14,20-22,28-32H,2-7,9-10,15-17H2,1H3/t20-,22-/m0/s1. The Hall–Kier alpha value is -2.72. The molecule has 2 aromatic carbocycles. The number of aliphatic hydroxyl groups excluding tert-OH is 3. The number of rotatable bonds is 15. The van der Waals surface area contributed by atoms with Crippen LogP contribution in [0.1, 0.15) is 56.1 Å². The van der Waals surface area contributed by atoms with E-state index in [9.17, 15) is 20.4 Å². The predicted molar refractivity (Wildman–Crippen MR) is 133 cm³/mol. The zero-order chi connectivity index (χ0) is 25.9. The number of aromatic hydroxyl groups is 2. The molecule has 0 aliphatic heterocycles. The van der Waals surface area contributed by atoms with Crippen molar-refractivity contribution in [1.29, 1.82) is 0 Å². The van der Waals surface area contributed by atoms with Crippen LogP contribution in [0, 0.1) is 0 Å². The largest absolute Gasteiger partial charge is 0.504 e. The highest BCUT2D eigenvalue weighted by atomic mass is 16.6. The Bertz CT molecular complexity index is 943. The fourth-order valence-electron chi connectivity index (χ4n) is 4.57. The number of phenolic OH excluding ortho intramolecular Hbond substituents is 2. The monoisotopic (exact) mass is 506 g/mol. The summed E-state index contributed by atoms with van der Waals surface area (Å²) in [5.74, 6) is 0.749. The molecule has 0 saturated heterocycles. The summed E-state index contributed by atoms with van der Waals surface area (Å²) in [4.78, 5) is 0. The summed E-state index contributed by atoms with van der Waals surface area (Å²) in [5, 5.41) is 49.2. The van der Waals surface area contributed by atoms with Gasteiger partial charge in [0.05, 0.1) is 25.4 Å². The van der Waals surface area contributed by atoms with Gasteiger partial charge in [-0.1, -0.05) is 6.07 Å². The lowest BCUT2D eigenvalue weighted by Gasteiger charge is -2.21. The molecule has 0 unspecified atom stereocenters. The number of aryl methyl sites for hydroxylation is 2. The van der Waals surface area contributed by atoms with Crippen LogP contribution in [-0.2, 0) is 17.6 Å². The highest BCUT2D eigenvalue weighted by Gasteiger charge is 2.20. The second-order valence-corrected chi connectivity index (χ2v) is 9.13. The Kier molecular flexibility index (Phi) is 10.9. The molecule has 1 fully saturated rings. The van der Waals surface area contributed by atoms with Crippen molar-refractivity contribution in [2.24, 2.45) is 0 Å². The molecule has 1 saturated carbocycles. The summed E-state index contributed by atoms with van der Waals surface area (Å²) >= 11 is 0. The fourth-order valence-corrected chi connectivity index (χ4v) is 4.57. The van der Waals surface area contributed by atoms with Gasteiger partial charge in [-0.25, -0.2) is 0 Å². The van der Waals surface area contributed by atoms with Crippen molar-refractivity contribution in [2.75, 3.05) is 20.7 Å². The van der Waals surface area contributed by atoms with E-state index in [2.05, 4.69) is 0 Å². The van der Waals surface area contributed by atoms with E-state index in [1.54, 1.807) is 18.2 Å². The number of hydrogen-bond acceptors (Lipinski definition) is 9. The van der Waals surface area contributed by atoms with Gasteiger partial charge in [-0.05, 0) is 93.2 Å². The van der Waals surface area contributed by atoms with Crippen LogP contribution < -0.4 is 14.2 Å². The van der Waals surface area contributed by atoms with Crippen LogP contribution >= 0.6 is 0 Å². The molecule has 2 aromatic rings. The van der Waals surface area contributed by atoms with Crippen molar-refractivity contribution in [3.63, 3.8) is 0 Å². The molecule has 1 aliphatic rings. The predicted octanol–water partition coefficient (Wildman–Crippen LogP) is 3.41. The van der Waals surface area contributed by atoms with E-state index < -0.39 is 19.7 Å². The van der Waals surface area contributed by atoms with Crippen molar-refractivity contribution in [3.05, 3.63) is 41.5 Å². The van der Waals surface area contributed by atoms with Gasteiger partial charge in [0, 0.05) is 0 Å². The first-order chi connectivity index (χ1) is 17.4. The van der Waals surface area contributed by atoms with Gasteiger partial charge in [-0.2, -0.15) is 0 Å². The van der Waals surface area contributed by atoms with E-state index >= 15 is 0 Å².